The molecule has 0 amide bonds. The molecule has 0 spiro atoms. The zero-order valence-corrected chi connectivity index (χ0v) is 9.45. The van der Waals surface area contributed by atoms with Crippen LogP contribution in [0.25, 0.3) is 0 Å². The van der Waals surface area contributed by atoms with E-state index in [9.17, 15) is 0 Å². The fraction of sp³-hybridized carbons (Fsp3) is 0.750. The van der Waals surface area contributed by atoms with Crippen molar-refractivity contribution in [1.82, 2.24) is 9.78 Å². The Morgan fingerprint density at radius 1 is 1.50 bits per heavy atom. The molecule has 1 unspecified atom stereocenters. The van der Waals surface area contributed by atoms with E-state index in [0.29, 0.717) is 5.92 Å². The Morgan fingerprint density at radius 3 is 2.71 bits per heavy atom. The Labute approximate surface area is 86.3 Å². The van der Waals surface area contributed by atoms with Gasteiger partial charge in [0.1, 0.15) is 0 Å². The molecule has 0 aromatic carbocycles. The largest absolute Gasteiger partial charge is 0.269 e. The maximum absolute atomic E-state index is 4.68. The molecule has 0 N–H and O–H groups in total. The summed E-state index contributed by atoms with van der Waals surface area (Å²) in [5.74, 6) is 1.43. The van der Waals surface area contributed by atoms with E-state index in [4.69, 9.17) is 0 Å². The van der Waals surface area contributed by atoms with Crippen LogP contribution in [0.2, 0.25) is 0 Å². The summed E-state index contributed by atoms with van der Waals surface area (Å²) in [4.78, 5) is 0. The number of aromatic nitrogens is 2. The SMILES string of the molecule is CCC(C)c1cc(C2CC2)nn1CC. The molecular formula is C12H20N2. The van der Waals surface area contributed by atoms with Crippen LogP contribution in [0.1, 0.15) is 63.3 Å². The van der Waals surface area contributed by atoms with E-state index in [0.717, 1.165) is 12.5 Å². The minimum Gasteiger partial charge on any atom is -0.269 e. The molecule has 14 heavy (non-hydrogen) atoms. The molecule has 1 fully saturated rings. The van der Waals surface area contributed by atoms with Gasteiger partial charge in [-0.3, -0.25) is 4.68 Å². The third-order valence-corrected chi connectivity index (χ3v) is 3.24. The highest BCUT2D eigenvalue weighted by Gasteiger charge is 2.27. The summed E-state index contributed by atoms with van der Waals surface area (Å²) in [6.45, 7) is 7.72. The first-order valence-electron chi connectivity index (χ1n) is 5.83. The zero-order chi connectivity index (χ0) is 10.1. The van der Waals surface area contributed by atoms with Crippen LogP contribution in [0.15, 0.2) is 6.07 Å². The van der Waals surface area contributed by atoms with Crippen molar-refractivity contribution in [3.05, 3.63) is 17.5 Å². The van der Waals surface area contributed by atoms with E-state index in [-0.39, 0.29) is 0 Å². The second kappa shape index (κ2) is 3.76. The minimum atomic E-state index is 0.648. The van der Waals surface area contributed by atoms with Gasteiger partial charge >= 0.3 is 0 Å². The van der Waals surface area contributed by atoms with Gasteiger partial charge in [0.05, 0.1) is 5.69 Å². The Morgan fingerprint density at radius 2 is 2.21 bits per heavy atom. The smallest absolute Gasteiger partial charge is 0.0658 e. The van der Waals surface area contributed by atoms with E-state index in [1.54, 1.807) is 0 Å². The predicted octanol–water partition coefficient (Wildman–Crippen LogP) is 3.29. The van der Waals surface area contributed by atoms with Crippen LogP contribution >= 0.6 is 0 Å². The molecule has 1 aliphatic carbocycles. The summed E-state index contributed by atoms with van der Waals surface area (Å²) in [6, 6.07) is 2.33. The second-order valence-electron chi connectivity index (χ2n) is 4.39. The molecule has 1 aromatic rings. The molecule has 0 bridgehead atoms. The average molecular weight is 192 g/mol. The summed E-state index contributed by atoms with van der Waals surface area (Å²) in [5, 5.41) is 4.68. The monoisotopic (exact) mass is 192 g/mol. The summed E-state index contributed by atoms with van der Waals surface area (Å²) in [7, 11) is 0. The molecule has 2 rings (SSSR count). The highest BCUT2D eigenvalue weighted by atomic mass is 15.3. The molecule has 0 aliphatic heterocycles. The first kappa shape index (κ1) is 9.75. The molecule has 2 heteroatoms. The van der Waals surface area contributed by atoms with Crippen molar-refractivity contribution in [2.24, 2.45) is 0 Å². The molecule has 1 atom stereocenters. The number of aryl methyl sites for hydroxylation is 1. The van der Waals surface area contributed by atoms with Crippen LogP contribution in [0.4, 0.5) is 0 Å². The summed E-state index contributed by atoms with van der Waals surface area (Å²) in [6.07, 6.45) is 3.90. The van der Waals surface area contributed by atoms with Crippen LogP contribution < -0.4 is 0 Å². The molecule has 1 heterocycles. The van der Waals surface area contributed by atoms with Gasteiger partial charge < -0.3 is 0 Å². The van der Waals surface area contributed by atoms with Crippen molar-refractivity contribution in [1.29, 1.82) is 0 Å². The Hall–Kier alpha value is -0.790. The predicted molar refractivity (Wildman–Crippen MR) is 58.6 cm³/mol. The molecule has 1 saturated carbocycles. The van der Waals surface area contributed by atoms with Crippen molar-refractivity contribution >= 4 is 0 Å². The van der Waals surface area contributed by atoms with Crippen LogP contribution in [0, 0.1) is 0 Å². The fourth-order valence-corrected chi connectivity index (χ4v) is 1.89. The van der Waals surface area contributed by atoms with Crippen molar-refractivity contribution < 1.29 is 0 Å². The third-order valence-electron chi connectivity index (χ3n) is 3.24. The molecule has 78 valence electrons. The van der Waals surface area contributed by atoms with E-state index in [1.165, 1.54) is 30.7 Å². The fourth-order valence-electron chi connectivity index (χ4n) is 1.89. The topological polar surface area (TPSA) is 17.8 Å². The third kappa shape index (κ3) is 1.70. The number of nitrogens with zero attached hydrogens (tertiary/aromatic N) is 2. The first-order valence-corrected chi connectivity index (χ1v) is 5.83. The Balaban J connectivity index is 2.26. The lowest BCUT2D eigenvalue weighted by molar-refractivity contribution is 0.569. The molecular weight excluding hydrogens is 172 g/mol. The average Bonchev–Trinajstić information content (AvgIpc) is 2.97. The van der Waals surface area contributed by atoms with Gasteiger partial charge in [-0.15, -0.1) is 0 Å². The van der Waals surface area contributed by atoms with Gasteiger partial charge in [0.15, 0.2) is 0 Å². The van der Waals surface area contributed by atoms with Crippen LogP contribution in [-0.2, 0) is 6.54 Å². The quantitative estimate of drug-likeness (QED) is 0.715. The van der Waals surface area contributed by atoms with Crippen LogP contribution in [-0.4, -0.2) is 9.78 Å². The van der Waals surface area contributed by atoms with Crippen molar-refractivity contribution in [3.63, 3.8) is 0 Å². The lowest BCUT2D eigenvalue weighted by atomic mass is 10.0. The normalized spacial score (nSPS) is 18.5. The molecule has 1 aromatic heterocycles. The molecule has 0 saturated heterocycles. The second-order valence-corrected chi connectivity index (χ2v) is 4.39. The van der Waals surface area contributed by atoms with Gasteiger partial charge in [-0.05, 0) is 38.2 Å². The summed E-state index contributed by atoms with van der Waals surface area (Å²) < 4.78 is 2.18. The lowest BCUT2D eigenvalue weighted by Gasteiger charge is -2.09. The molecule has 1 aliphatic rings. The number of hydrogen-bond donors (Lipinski definition) is 0. The van der Waals surface area contributed by atoms with Crippen molar-refractivity contribution in [3.8, 4) is 0 Å². The number of hydrogen-bond acceptors (Lipinski definition) is 1. The highest BCUT2D eigenvalue weighted by Crippen LogP contribution is 2.40. The minimum absolute atomic E-state index is 0.648. The van der Waals surface area contributed by atoms with E-state index >= 15 is 0 Å². The van der Waals surface area contributed by atoms with Gasteiger partial charge in [-0.2, -0.15) is 5.10 Å². The zero-order valence-electron chi connectivity index (χ0n) is 9.45. The highest BCUT2D eigenvalue weighted by molar-refractivity contribution is 5.20. The lowest BCUT2D eigenvalue weighted by Crippen LogP contribution is -2.05. The van der Waals surface area contributed by atoms with Gasteiger partial charge in [-0.25, -0.2) is 0 Å². The van der Waals surface area contributed by atoms with Crippen LogP contribution in [0.3, 0.4) is 0 Å². The van der Waals surface area contributed by atoms with E-state index in [1.807, 2.05) is 0 Å². The Kier molecular flexibility index (Phi) is 2.62. The maximum Gasteiger partial charge on any atom is 0.0658 e. The first-order chi connectivity index (χ1) is 6.76. The van der Waals surface area contributed by atoms with Gasteiger partial charge in [-0.1, -0.05) is 13.8 Å². The van der Waals surface area contributed by atoms with E-state index < -0.39 is 0 Å². The van der Waals surface area contributed by atoms with Gasteiger partial charge in [0.2, 0.25) is 0 Å². The number of rotatable bonds is 4. The van der Waals surface area contributed by atoms with Crippen LogP contribution in [0.5, 0.6) is 0 Å². The van der Waals surface area contributed by atoms with E-state index in [2.05, 4.69) is 36.6 Å². The molecule has 2 nitrogen and oxygen atoms in total. The van der Waals surface area contributed by atoms with Crippen molar-refractivity contribution in [2.45, 2.75) is 58.4 Å². The Bertz CT molecular complexity index is 310. The van der Waals surface area contributed by atoms with Gasteiger partial charge in [0, 0.05) is 18.2 Å². The standard InChI is InChI=1S/C12H20N2/c1-4-9(3)12-8-11(10-6-7-10)13-14(12)5-2/h8-10H,4-7H2,1-3H3. The van der Waals surface area contributed by atoms with Gasteiger partial charge in [0.25, 0.3) is 0 Å². The maximum atomic E-state index is 4.68. The molecule has 0 radical (unpaired) electrons. The summed E-state index contributed by atoms with van der Waals surface area (Å²) >= 11 is 0. The van der Waals surface area contributed by atoms with Crippen molar-refractivity contribution in [2.75, 3.05) is 0 Å². The summed E-state index contributed by atoms with van der Waals surface area (Å²) in [5.41, 5.74) is 2.76.